The molecule has 3 aromatic rings. The van der Waals surface area contributed by atoms with Gasteiger partial charge in [-0.25, -0.2) is 4.39 Å². The summed E-state index contributed by atoms with van der Waals surface area (Å²) < 4.78 is 21.5. The van der Waals surface area contributed by atoms with Crippen LogP contribution in [0, 0.1) is 9.39 Å². The maximum atomic E-state index is 14.3. The van der Waals surface area contributed by atoms with Gasteiger partial charge in [0.1, 0.15) is 22.5 Å². The van der Waals surface area contributed by atoms with Crippen LogP contribution in [0.5, 0.6) is 5.75 Å². The number of hydrogen-bond acceptors (Lipinski definition) is 5. The summed E-state index contributed by atoms with van der Waals surface area (Å²) >= 11 is 8.42. The molecule has 0 atom stereocenters. The number of anilines is 1. The van der Waals surface area contributed by atoms with E-state index in [9.17, 15) is 9.18 Å². The Morgan fingerprint density at radius 3 is 2.48 bits per heavy atom. The zero-order valence-electron chi connectivity index (χ0n) is 17.9. The van der Waals surface area contributed by atoms with Gasteiger partial charge in [-0.1, -0.05) is 48.2 Å². The van der Waals surface area contributed by atoms with E-state index < -0.39 is 0 Å². The van der Waals surface area contributed by atoms with Crippen LogP contribution in [0.2, 0.25) is 0 Å². The van der Waals surface area contributed by atoms with E-state index in [1.165, 1.54) is 17.8 Å². The minimum atomic E-state index is -0.310. The van der Waals surface area contributed by atoms with Crippen LogP contribution < -0.4 is 15.0 Å². The number of rotatable bonds is 6. The third-order valence-electron chi connectivity index (χ3n) is 5.09. The topological polar surface area (TPSA) is 41.6 Å². The number of halogens is 2. The van der Waals surface area contributed by atoms with Crippen LogP contribution in [0.1, 0.15) is 11.1 Å². The Morgan fingerprint density at radius 2 is 1.85 bits per heavy atom. The number of ether oxygens (including phenoxy) is 1. The first-order chi connectivity index (χ1) is 15.8. The molecule has 1 amide bonds. The molecular formula is C25H20FIN2O2S2. The largest absolute Gasteiger partial charge is 0.488 e. The van der Waals surface area contributed by atoms with Crippen LogP contribution >= 0.6 is 46.6 Å². The Hall–Kier alpha value is -2.43. The normalized spacial score (nSPS) is 14.5. The highest BCUT2D eigenvalue weighted by Crippen LogP contribution is 2.33. The van der Waals surface area contributed by atoms with Crippen molar-refractivity contribution in [2.24, 2.45) is 0 Å². The van der Waals surface area contributed by atoms with Gasteiger partial charge in [0.25, 0.3) is 5.91 Å². The van der Waals surface area contributed by atoms with Gasteiger partial charge in [-0.15, -0.1) is 0 Å². The number of nitrogens with one attached hydrogen (secondary N) is 1. The molecule has 33 heavy (non-hydrogen) atoms. The summed E-state index contributed by atoms with van der Waals surface area (Å²) in [6.07, 6.45) is 1.76. The fraction of sp³-hybridized carbons (Fsp3) is 0.120. The number of carbonyl (C=O) groups is 1. The van der Waals surface area contributed by atoms with Crippen molar-refractivity contribution in [3.05, 3.63) is 86.1 Å². The summed E-state index contributed by atoms with van der Waals surface area (Å²) in [7, 11) is 3.99. The van der Waals surface area contributed by atoms with Crippen molar-refractivity contribution < 1.29 is 13.9 Å². The van der Waals surface area contributed by atoms with Crippen LogP contribution in [0.15, 0.2) is 65.6 Å². The fourth-order valence-electron chi connectivity index (χ4n) is 3.31. The second kappa shape index (κ2) is 10.2. The third kappa shape index (κ3) is 5.56. The van der Waals surface area contributed by atoms with Gasteiger partial charge in [-0.05, 0) is 76.2 Å². The Labute approximate surface area is 215 Å². The summed E-state index contributed by atoms with van der Waals surface area (Å²) in [4.78, 5) is 14.8. The molecule has 4 nitrogen and oxygen atoms in total. The van der Waals surface area contributed by atoms with Crippen LogP contribution in [0.25, 0.3) is 17.2 Å². The van der Waals surface area contributed by atoms with Crippen LogP contribution in [-0.4, -0.2) is 24.3 Å². The highest BCUT2D eigenvalue weighted by atomic mass is 127. The van der Waals surface area contributed by atoms with Crippen LogP contribution in [0.4, 0.5) is 10.1 Å². The number of benzene rings is 3. The molecule has 0 spiro atoms. The van der Waals surface area contributed by atoms with Gasteiger partial charge >= 0.3 is 0 Å². The maximum absolute atomic E-state index is 14.3. The molecule has 1 saturated heterocycles. The molecule has 168 valence electrons. The van der Waals surface area contributed by atoms with Crippen molar-refractivity contribution in [2.75, 3.05) is 19.0 Å². The molecule has 0 unspecified atom stereocenters. The van der Waals surface area contributed by atoms with Gasteiger partial charge in [-0.2, -0.15) is 0 Å². The lowest BCUT2D eigenvalue weighted by atomic mass is 10.0. The monoisotopic (exact) mass is 590 g/mol. The SMILES string of the molecule is CN(C)c1ccc(-c2ccc(OCc3c(F)cccc3I)c(/C=C3\SC(=S)NC3=O)c2)cc1. The molecule has 4 rings (SSSR count). The molecule has 0 bridgehead atoms. The third-order valence-corrected chi connectivity index (χ3v) is 7.26. The van der Waals surface area contributed by atoms with Crippen LogP contribution in [0.3, 0.4) is 0 Å². The summed E-state index contributed by atoms with van der Waals surface area (Å²) in [6, 6.07) is 18.9. The Balaban J connectivity index is 1.70. The number of carbonyl (C=O) groups excluding carboxylic acids is 1. The Morgan fingerprint density at radius 1 is 1.12 bits per heavy atom. The number of thiocarbonyl (C=S) groups is 1. The fourth-order valence-corrected chi connectivity index (χ4v) is 4.96. The lowest BCUT2D eigenvalue weighted by Gasteiger charge is -2.15. The van der Waals surface area contributed by atoms with Gasteiger partial charge < -0.3 is 15.0 Å². The number of thioether (sulfide) groups is 1. The predicted molar refractivity (Wildman–Crippen MR) is 146 cm³/mol. The lowest BCUT2D eigenvalue weighted by molar-refractivity contribution is -0.115. The quantitative estimate of drug-likeness (QED) is 0.210. The molecule has 1 aliphatic heterocycles. The predicted octanol–water partition coefficient (Wildman–Crippen LogP) is 6.23. The summed E-state index contributed by atoms with van der Waals surface area (Å²) in [6.45, 7) is 0.0791. The Bertz CT molecular complexity index is 1240. The first-order valence-corrected chi connectivity index (χ1v) is 12.3. The van der Waals surface area contributed by atoms with Crippen molar-refractivity contribution >= 4 is 68.6 Å². The van der Waals surface area contributed by atoms with Gasteiger partial charge in [-0.3, -0.25) is 4.79 Å². The molecule has 0 radical (unpaired) electrons. The molecule has 0 aliphatic carbocycles. The molecular weight excluding hydrogens is 570 g/mol. The Kier molecular flexibility index (Phi) is 7.35. The number of hydrogen-bond donors (Lipinski definition) is 1. The van der Waals surface area contributed by atoms with Crippen molar-refractivity contribution in [3.63, 3.8) is 0 Å². The van der Waals surface area contributed by atoms with E-state index in [2.05, 4.69) is 52.2 Å². The molecule has 8 heteroatoms. The molecule has 1 N–H and O–H groups in total. The van der Waals surface area contributed by atoms with Gasteiger partial charge in [0, 0.05) is 34.5 Å². The molecule has 0 aromatic heterocycles. The standard InChI is InChI=1S/C25H20FIN2O2S2/c1-29(2)18-9-6-15(7-10-18)16-8-11-22(31-14-19-20(26)4-3-5-21(19)27)17(12-16)13-23-24(30)28-25(32)33-23/h3-13H,14H2,1-2H3,(H,28,30,32)/b23-13-. The minimum Gasteiger partial charge on any atom is -0.488 e. The van der Waals surface area contributed by atoms with E-state index in [0.29, 0.717) is 20.5 Å². The number of amides is 1. The summed E-state index contributed by atoms with van der Waals surface area (Å²) in [5.41, 5.74) is 4.33. The van der Waals surface area contributed by atoms with E-state index in [1.54, 1.807) is 12.1 Å². The second-order valence-corrected chi connectivity index (χ2v) is 10.4. The van der Waals surface area contributed by atoms with E-state index in [0.717, 1.165) is 25.9 Å². The van der Waals surface area contributed by atoms with E-state index in [-0.39, 0.29) is 18.3 Å². The zero-order chi connectivity index (χ0) is 23.5. The van der Waals surface area contributed by atoms with Gasteiger partial charge in [0.15, 0.2) is 0 Å². The summed E-state index contributed by atoms with van der Waals surface area (Å²) in [5, 5.41) is 2.63. The van der Waals surface area contributed by atoms with E-state index in [1.807, 2.05) is 43.3 Å². The van der Waals surface area contributed by atoms with Gasteiger partial charge in [0.05, 0.1) is 4.91 Å². The smallest absolute Gasteiger partial charge is 0.263 e. The zero-order valence-corrected chi connectivity index (χ0v) is 21.7. The van der Waals surface area contributed by atoms with Crippen molar-refractivity contribution in [1.29, 1.82) is 0 Å². The van der Waals surface area contributed by atoms with Crippen molar-refractivity contribution in [3.8, 4) is 16.9 Å². The van der Waals surface area contributed by atoms with E-state index >= 15 is 0 Å². The first kappa shape index (κ1) is 23.7. The average Bonchev–Trinajstić information content (AvgIpc) is 3.10. The highest BCUT2D eigenvalue weighted by Gasteiger charge is 2.23. The lowest BCUT2D eigenvalue weighted by Crippen LogP contribution is -2.17. The van der Waals surface area contributed by atoms with Crippen LogP contribution in [-0.2, 0) is 11.4 Å². The second-order valence-electron chi connectivity index (χ2n) is 7.54. The first-order valence-electron chi connectivity index (χ1n) is 10.0. The molecule has 1 fully saturated rings. The molecule has 1 aliphatic rings. The molecule has 3 aromatic carbocycles. The highest BCUT2D eigenvalue weighted by molar-refractivity contribution is 14.1. The van der Waals surface area contributed by atoms with E-state index in [4.69, 9.17) is 17.0 Å². The minimum absolute atomic E-state index is 0.0791. The maximum Gasteiger partial charge on any atom is 0.263 e. The van der Waals surface area contributed by atoms with Gasteiger partial charge in [0.2, 0.25) is 0 Å². The molecule has 0 saturated carbocycles. The molecule has 1 heterocycles. The number of nitrogens with zero attached hydrogens (tertiary/aromatic N) is 1. The van der Waals surface area contributed by atoms with Crippen molar-refractivity contribution in [2.45, 2.75) is 6.61 Å². The van der Waals surface area contributed by atoms with Crippen molar-refractivity contribution in [1.82, 2.24) is 5.32 Å². The summed E-state index contributed by atoms with van der Waals surface area (Å²) in [5.74, 6) is 0.0113. The average molecular weight is 590 g/mol.